The van der Waals surface area contributed by atoms with Crippen LogP contribution in [0.15, 0.2) is 41.1 Å². The molecule has 2 rings (SSSR count). The Bertz CT molecular complexity index is 432. The summed E-state index contributed by atoms with van der Waals surface area (Å²) in [6, 6.07) is 7.21. The number of aliphatic hydroxyl groups excluding tert-OH is 1. The van der Waals surface area contributed by atoms with Gasteiger partial charge in [-0.25, -0.2) is 4.98 Å². The molecule has 2 aromatic rings. The Morgan fingerprint density at radius 2 is 2.12 bits per heavy atom. The lowest BCUT2D eigenvalue weighted by Gasteiger charge is -2.07. The van der Waals surface area contributed by atoms with Crippen molar-refractivity contribution in [3.63, 3.8) is 0 Å². The van der Waals surface area contributed by atoms with Crippen LogP contribution in [0.3, 0.4) is 0 Å². The van der Waals surface area contributed by atoms with Crippen LogP contribution in [0.25, 0.3) is 0 Å². The molecule has 0 aliphatic rings. The van der Waals surface area contributed by atoms with Crippen LogP contribution in [0.1, 0.15) is 17.6 Å². The zero-order valence-corrected chi connectivity index (χ0v) is 11.3. The third-order valence-electron chi connectivity index (χ3n) is 2.04. The molecule has 84 valence electrons. The highest BCUT2D eigenvalue weighted by Gasteiger charge is 2.14. The molecule has 0 saturated carbocycles. The summed E-state index contributed by atoms with van der Waals surface area (Å²) in [5.41, 5.74) is 0.728. The van der Waals surface area contributed by atoms with Crippen molar-refractivity contribution < 1.29 is 14.0 Å². The van der Waals surface area contributed by atoms with Gasteiger partial charge in [-0.2, -0.15) is 0 Å². The van der Waals surface area contributed by atoms with Gasteiger partial charge in [0.1, 0.15) is 18.5 Å². The Hall–Kier alpha value is -0.650. The van der Waals surface area contributed by atoms with Crippen molar-refractivity contribution >= 4 is 28.5 Å². The van der Waals surface area contributed by atoms with Crippen molar-refractivity contribution in [3.05, 3.63) is 48.2 Å². The highest BCUT2D eigenvalue weighted by atomic mass is 127. The molecule has 1 aromatic heterocycles. The van der Waals surface area contributed by atoms with E-state index in [1.165, 1.54) is 12.5 Å². The van der Waals surface area contributed by atoms with Crippen LogP contribution < -0.4 is 4.52 Å². The van der Waals surface area contributed by atoms with Crippen LogP contribution in [0.2, 0.25) is 0 Å². The number of oxazole rings is 1. The number of aromatic nitrogens is 1. The first kappa shape index (κ1) is 11.8. The summed E-state index contributed by atoms with van der Waals surface area (Å²) in [4.78, 5) is 3.90. The lowest BCUT2D eigenvalue weighted by Crippen LogP contribution is -1.99. The lowest BCUT2D eigenvalue weighted by atomic mass is 10.1. The smallest absolute Gasteiger partial charge is 0.227 e. The molecule has 0 fully saturated rings. The molecule has 0 aliphatic carbocycles. The van der Waals surface area contributed by atoms with Gasteiger partial charge in [-0.1, -0.05) is 12.1 Å². The van der Waals surface area contributed by atoms with Crippen molar-refractivity contribution in [1.29, 1.82) is 0 Å². The molecule has 6 heteroatoms. The molecule has 2 atom stereocenters. The number of hydrogen-bond acceptors (Lipinski definition) is 4. The Morgan fingerprint density at radius 1 is 1.38 bits per heavy atom. The average Bonchev–Trinajstić information content (AvgIpc) is 2.83. The minimum absolute atomic E-state index is 0.296. The standard InChI is InChI=1S/C10H9INO3P/c11-16-15-8-3-1-7(2-4-8)9(13)10-12-5-6-14-10/h1-6,9,13,16H. The van der Waals surface area contributed by atoms with Crippen molar-refractivity contribution in [3.8, 4) is 5.75 Å². The van der Waals surface area contributed by atoms with E-state index >= 15 is 0 Å². The predicted molar refractivity (Wildman–Crippen MR) is 70.0 cm³/mol. The highest BCUT2D eigenvalue weighted by Crippen LogP contribution is 2.28. The van der Waals surface area contributed by atoms with Gasteiger partial charge in [-0.3, -0.25) is 0 Å². The molecular weight excluding hydrogens is 340 g/mol. The lowest BCUT2D eigenvalue weighted by molar-refractivity contribution is 0.182. The van der Waals surface area contributed by atoms with E-state index in [4.69, 9.17) is 8.94 Å². The number of benzene rings is 1. The Balaban J connectivity index is 2.15. The van der Waals surface area contributed by atoms with Crippen molar-refractivity contribution in [2.45, 2.75) is 6.10 Å². The maximum Gasteiger partial charge on any atom is 0.227 e. The molecule has 1 N–H and O–H groups in total. The normalized spacial score (nSPS) is 13.1. The Morgan fingerprint density at radius 3 is 2.69 bits per heavy atom. The van der Waals surface area contributed by atoms with Crippen LogP contribution in [-0.4, -0.2) is 10.1 Å². The number of rotatable bonds is 4. The van der Waals surface area contributed by atoms with Crippen molar-refractivity contribution in [1.82, 2.24) is 4.98 Å². The monoisotopic (exact) mass is 349 g/mol. The molecule has 0 aliphatic heterocycles. The summed E-state index contributed by atoms with van der Waals surface area (Å²) in [6.45, 7) is 0.381. The van der Waals surface area contributed by atoms with Gasteiger partial charge < -0.3 is 14.0 Å². The third kappa shape index (κ3) is 2.72. The number of aliphatic hydroxyl groups is 1. The molecule has 0 amide bonds. The second-order valence-electron chi connectivity index (χ2n) is 3.02. The van der Waals surface area contributed by atoms with E-state index in [1.807, 2.05) is 12.1 Å². The van der Waals surface area contributed by atoms with Gasteiger partial charge in [-0.05, 0) is 39.7 Å². The van der Waals surface area contributed by atoms with Gasteiger partial charge in [-0.15, -0.1) is 0 Å². The molecule has 16 heavy (non-hydrogen) atoms. The SMILES string of the molecule is OC(c1ccc(OPI)cc1)c1ncco1. The van der Waals surface area contributed by atoms with Crippen molar-refractivity contribution in [2.24, 2.45) is 0 Å². The maximum absolute atomic E-state index is 9.90. The third-order valence-corrected chi connectivity index (χ3v) is 3.01. The first-order chi connectivity index (χ1) is 7.81. The largest absolute Gasteiger partial charge is 0.467 e. The maximum atomic E-state index is 9.90. The number of nitrogens with zero attached hydrogens (tertiary/aromatic N) is 1. The first-order valence-corrected chi connectivity index (χ1v) is 8.53. The van der Waals surface area contributed by atoms with Gasteiger partial charge in [0.15, 0.2) is 6.10 Å². The molecule has 4 nitrogen and oxygen atoms in total. The predicted octanol–water partition coefficient (Wildman–Crippen LogP) is 3.08. The minimum Gasteiger partial charge on any atom is -0.467 e. The van der Waals surface area contributed by atoms with Gasteiger partial charge in [0.05, 0.1) is 6.20 Å². The van der Waals surface area contributed by atoms with Gasteiger partial charge in [0.2, 0.25) is 5.89 Å². The summed E-state index contributed by atoms with van der Waals surface area (Å²) in [5, 5.41) is 9.90. The topological polar surface area (TPSA) is 55.5 Å². The molecule has 1 aromatic carbocycles. The summed E-state index contributed by atoms with van der Waals surface area (Å²) < 4.78 is 10.4. The molecule has 0 radical (unpaired) electrons. The van der Waals surface area contributed by atoms with Crippen LogP contribution in [-0.2, 0) is 0 Å². The second kappa shape index (κ2) is 5.61. The molecule has 0 spiro atoms. The van der Waals surface area contributed by atoms with Crippen LogP contribution in [0.4, 0.5) is 0 Å². The van der Waals surface area contributed by atoms with E-state index in [0.717, 1.165) is 11.3 Å². The fourth-order valence-electron chi connectivity index (χ4n) is 1.27. The summed E-state index contributed by atoms with van der Waals surface area (Å²) in [6.07, 6.45) is 2.12. The Labute approximate surface area is 107 Å². The molecular formula is C10H9INO3P. The zero-order valence-electron chi connectivity index (χ0n) is 8.13. The van der Waals surface area contributed by atoms with E-state index in [2.05, 4.69) is 27.0 Å². The van der Waals surface area contributed by atoms with E-state index in [0.29, 0.717) is 12.3 Å². The number of halogens is 1. The van der Waals surface area contributed by atoms with Gasteiger partial charge in [0, 0.05) is 0 Å². The van der Waals surface area contributed by atoms with E-state index in [1.54, 1.807) is 12.1 Å². The highest BCUT2D eigenvalue weighted by molar-refractivity contribution is 14.2. The van der Waals surface area contributed by atoms with Gasteiger partial charge in [0.25, 0.3) is 0 Å². The van der Waals surface area contributed by atoms with Gasteiger partial charge >= 0.3 is 0 Å². The Kier molecular flexibility index (Phi) is 4.15. The quantitative estimate of drug-likeness (QED) is 0.681. The fourth-order valence-corrected chi connectivity index (χ4v) is 2.26. The minimum atomic E-state index is -0.828. The summed E-state index contributed by atoms with van der Waals surface area (Å²) in [7, 11) is 0. The van der Waals surface area contributed by atoms with Crippen LogP contribution in [0.5, 0.6) is 5.75 Å². The van der Waals surface area contributed by atoms with E-state index in [-0.39, 0.29) is 0 Å². The van der Waals surface area contributed by atoms with E-state index in [9.17, 15) is 5.11 Å². The first-order valence-electron chi connectivity index (χ1n) is 4.51. The van der Waals surface area contributed by atoms with E-state index < -0.39 is 6.10 Å². The molecule has 2 unspecified atom stereocenters. The molecule has 0 saturated heterocycles. The van der Waals surface area contributed by atoms with Crippen LogP contribution >= 0.6 is 28.5 Å². The van der Waals surface area contributed by atoms with Crippen LogP contribution in [0, 0.1) is 0 Å². The fraction of sp³-hybridized carbons (Fsp3) is 0.100. The average molecular weight is 349 g/mol. The molecule has 0 bridgehead atoms. The zero-order chi connectivity index (χ0) is 11.4. The van der Waals surface area contributed by atoms with Crippen molar-refractivity contribution in [2.75, 3.05) is 0 Å². The number of hydrogen-bond donors (Lipinski definition) is 1. The second-order valence-corrected chi connectivity index (χ2v) is 4.70. The summed E-state index contributed by atoms with van der Waals surface area (Å²) in [5.74, 6) is 1.08. The summed E-state index contributed by atoms with van der Waals surface area (Å²) >= 11 is 2.15. The molecule has 1 heterocycles.